The molecule has 0 heterocycles. The molecular weight excluding hydrogens is 271 g/mol. The fourth-order valence-corrected chi connectivity index (χ4v) is 1.87. The molecule has 1 amide bonds. The number of hydrogen-bond acceptors (Lipinski definition) is 3. The first-order valence-electron chi connectivity index (χ1n) is 6.58. The molecule has 5 heteroatoms. The van der Waals surface area contributed by atoms with Crippen molar-refractivity contribution >= 4 is 17.3 Å². The molecule has 0 aliphatic heterocycles. The van der Waals surface area contributed by atoms with Crippen LogP contribution in [0.3, 0.4) is 0 Å². The molecule has 0 aromatic heterocycles. The van der Waals surface area contributed by atoms with Crippen molar-refractivity contribution in [1.82, 2.24) is 0 Å². The quantitative estimate of drug-likeness (QED) is 0.847. The van der Waals surface area contributed by atoms with Crippen molar-refractivity contribution in [2.24, 2.45) is 0 Å². The SMILES string of the molecule is CC(C)Oc1cccc(C(=O)Nc2cc(N)cc(F)c2)c1. The summed E-state index contributed by atoms with van der Waals surface area (Å²) in [5, 5.41) is 2.61. The molecule has 4 nitrogen and oxygen atoms in total. The Balaban J connectivity index is 2.16. The van der Waals surface area contributed by atoms with E-state index in [4.69, 9.17) is 10.5 Å². The van der Waals surface area contributed by atoms with Gasteiger partial charge in [0.25, 0.3) is 5.91 Å². The molecule has 2 aromatic carbocycles. The lowest BCUT2D eigenvalue weighted by Gasteiger charge is -2.11. The number of rotatable bonds is 4. The average molecular weight is 288 g/mol. The van der Waals surface area contributed by atoms with Crippen LogP contribution in [0.25, 0.3) is 0 Å². The third-order valence-electron chi connectivity index (χ3n) is 2.65. The van der Waals surface area contributed by atoms with E-state index in [1.807, 2.05) is 13.8 Å². The zero-order valence-electron chi connectivity index (χ0n) is 11.9. The van der Waals surface area contributed by atoms with Gasteiger partial charge in [-0.2, -0.15) is 0 Å². The number of halogens is 1. The summed E-state index contributed by atoms with van der Waals surface area (Å²) in [4.78, 5) is 12.1. The summed E-state index contributed by atoms with van der Waals surface area (Å²) in [7, 11) is 0. The second-order valence-corrected chi connectivity index (χ2v) is 4.92. The van der Waals surface area contributed by atoms with Crippen LogP contribution < -0.4 is 15.8 Å². The maximum atomic E-state index is 13.2. The van der Waals surface area contributed by atoms with E-state index < -0.39 is 5.82 Å². The van der Waals surface area contributed by atoms with Crippen molar-refractivity contribution in [3.05, 3.63) is 53.8 Å². The van der Waals surface area contributed by atoms with E-state index in [0.717, 1.165) is 0 Å². The summed E-state index contributed by atoms with van der Waals surface area (Å²) in [5.41, 5.74) is 6.53. The summed E-state index contributed by atoms with van der Waals surface area (Å²) >= 11 is 0. The Hall–Kier alpha value is -2.56. The van der Waals surface area contributed by atoms with Gasteiger partial charge in [-0.15, -0.1) is 0 Å². The highest BCUT2D eigenvalue weighted by Gasteiger charge is 2.09. The van der Waals surface area contributed by atoms with Crippen LogP contribution in [0.4, 0.5) is 15.8 Å². The second-order valence-electron chi connectivity index (χ2n) is 4.92. The van der Waals surface area contributed by atoms with E-state index >= 15 is 0 Å². The number of carbonyl (C=O) groups is 1. The lowest BCUT2D eigenvalue weighted by molar-refractivity contribution is 0.102. The Morgan fingerprint density at radius 3 is 2.67 bits per heavy atom. The second kappa shape index (κ2) is 6.26. The minimum Gasteiger partial charge on any atom is -0.491 e. The van der Waals surface area contributed by atoms with Crippen LogP contribution in [-0.4, -0.2) is 12.0 Å². The molecule has 0 radical (unpaired) electrons. The van der Waals surface area contributed by atoms with Gasteiger partial charge in [0.1, 0.15) is 11.6 Å². The molecule has 0 fully saturated rings. The number of amides is 1. The normalized spacial score (nSPS) is 10.5. The lowest BCUT2D eigenvalue weighted by Crippen LogP contribution is -2.13. The minimum atomic E-state index is -0.498. The van der Waals surface area contributed by atoms with Crippen LogP contribution in [0.5, 0.6) is 5.75 Å². The highest BCUT2D eigenvalue weighted by Crippen LogP contribution is 2.19. The molecule has 0 saturated heterocycles. The van der Waals surface area contributed by atoms with Gasteiger partial charge in [-0.25, -0.2) is 4.39 Å². The maximum Gasteiger partial charge on any atom is 0.255 e. The molecule has 2 rings (SSSR count). The molecule has 0 aliphatic carbocycles. The van der Waals surface area contributed by atoms with Gasteiger partial charge in [0.2, 0.25) is 0 Å². The van der Waals surface area contributed by atoms with Gasteiger partial charge in [0.05, 0.1) is 6.10 Å². The molecule has 0 saturated carbocycles. The first-order chi connectivity index (χ1) is 9.94. The first kappa shape index (κ1) is 14.8. The van der Waals surface area contributed by atoms with Crippen LogP contribution >= 0.6 is 0 Å². The standard InChI is InChI=1S/C16H17FN2O2/c1-10(2)21-15-5-3-4-11(6-15)16(20)19-14-8-12(17)7-13(18)9-14/h3-10H,18H2,1-2H3,(H,19,20). The van der Waals surface area contributed by atoms with Crippen LogP contribution in [-0.2, 0) is 0 Å². The summed E-state index contributed by atoms with van der Waals surface area (Å²) in [6, 6.07) is 10.7. The lowest BCUT2D eigenvalue weighted by atomic mass is 10.2. The van der Waals surface area contributed by atoms with Crippen molar-refractivity contribution in [2.75, 3.05) is 11.1 Å². The van der Waals surface area contributed by atoms with E-state index in [1.165, 1.54) is 18.2 Å². The Labute approximate surface area is 122 Å². The molecular formula is C16H17FN2O2. The predicted molar refractivity (Wildman–Crippen MR) is 81.0 cm³/mol. The summed E-state index contributed by atoms with van der Waals surface area (Å²) < 4.78 is 18.8. The van der Waals surface area contributed by atoms with E-state index in [0.29, 0.717) is 17.0 Å². The van der Waals surface area contributed by atoms with Crippen LogP contribution in [0.2, 0.25) is 0 Å². The fraction of sp³-hybridized carbons (Fsp3) is 0.188. The van der Waals surface area contributed by atoms with E-state index in [-0.39, 0.29) is 17.7 Å². The van der Waals surface area contributed by atoms with Crippen LogP contribution in [0, 0.1) is 5.82 Å². The van der Waals surface area contributed by atoms with Gasteiger partial charge < -0.3 is 15.8 Å². The number of nitrogens with one attached hydrogen (secondary N) is 1. The zero-order valence-corrected chi connectivity index (χ0v) is 11.9. The summed E-state index contributed by atoms with van der Waals surface area (Å²) in [6.07, 6.45) is 0.0197. The predicted octanol–water partition coefficient (Wildman–Crippen LogP) is 3.45. The molecule has 0 aliphatic rings. The molecule has 3 N–H and O–H groups in total. The number of ether oxygens (including phenoxy) is 1. The molecule has 0 unspecified atom stereocenters. The number of carbonyl (C=O) groups excluding carboxylic acids is 1. The van der Waals surface area contributed by atoms with Gasteiger partial charge >= 0.3 is 0 Å². The average Bonchev–Trinajstić information content (AvgIpc) is 2.36. The molecule has 2 aromatic rings. The van der Waals surface area contributed by atoms with Crippen LogP contribution in [0.15, 0.2) is 42.5 Å². The smallest absolute Gasteiger partial charge is 0.255 e. The number of hydrogen-bond donors (Lipinski definition) is 2. The Morgan fingerprint density at radius 1 is 1.24 bits per heavy atom. The highest BCUT2D eigenvalue weighted by molar-refractivity contribution is 6.04. The van der Waals surface area contributed by atoms with Gasteiger partial charge in [0, 0.05) is 16.9 Å². The molecule has 0 bridgehead atoms. The summed E-state index contributed by atoms with van der Waals surface area (Å²) in [6.45, 7) is 3.81. The Kier molecular flexibility index (Phi) is 4.42. The van der Waals surface area contributed by atoms with Crippen molar-refractivity contribution in [1.29, 1.82) is 0 Å². The molecule has 0 spiro atoms. The molecule has 0 atom stereocenters. The van der Waals surface area contributed by atoms with Crippen molar-refractivity contribution < 1.29 is 13.9 Å². The number of anilines is 2. The molecule has 21 heavy (non-hydrogen) atoms. The topological polar surface area (TPSA) is 64.3 Å². The van der Waals surface area contributed by atoms with Crippen molar-refractivity contribution in [3.63, 3.8) is 0 Å². The number of nitrogens with two attached hydrogens (primary N) is 1. The molecule has 110 valence electrons. The summed E-state index contributed by atoms with van der Waals surface area (Å²) in [5.74, 6) is -0.243. The zero-order chi connectivity index (χ0) is 15.4. The number of benzene rings is 2. The van der Waals surface area contributed by atoms with E-state index in [2.05, 4.69) is 5.32 Å². The van der Waals surface area contributed by atoms with Crippen molar-refractivity contribution in [2.45, 2.75) is 20.0 Å². The van der Waals surface area contributed by atoms with Crippen LogP contribution in [0.1, 0.15) is 24.2 Å². The van der Waals surface area contributed by atoms with Gasteiger partial charge in [-0.1, -0.05) is 6.07 Å². The van der Waals surface area contributed by atoms with Crippen molar-refractivity contribution in [3.8, 4) is 5.75 Å². The van der Waals surface area contributed by atoms with Gasteiger partial charge in [-0.3, -0.25) is 4.79 Å². The maximum absolute atomic E-state index is 13.2. The monoisotopic (exact) mass is 288 g/mol. The minimum absolute atomic E-state index is 0.0197. The third kappa shape index (κ3) is 4.21. The van der Waals surface area contributed by atoms with Gasteiger partial charge in [-0.05, 0) is 50.2 Å². The van der Waals surface area contributed by atoms with Gasteiger partial charge in [0.15, 0.2) is 0 Å². The highest BCUT2D eigenvalue weighted by atomic mass is 19.1. The van der Waals surface area contributed by atoms with E-state index in [1.54, 1.807) is 24.3 Å². The fourth-order valence-electron chi connectivity index (χ4n) is 1.87. The number of nitrogen functional groups attached to an aromatic ring is 1. The largest absolute Gasteiger partial charge is 0.491 e. The van der Waals surface area contributed by atoms with E-state index in [9.17, 15) is 9.18 Å². The Morgan fingerprint density at radius 2 is 2.00 bits per heavy atom. The third-order valence-corrected chi connectivity index (χ3v) is 2.65. The first-order valence-corrected chi connectivity index (χ1v) is 6.58. The Bertz CT molecular complexity index is 636.